The molecule has 5 aromatic rings. The first-order valence-corrected chi connectivity index (χ1v) is 12.0. The summed E-state index contributed by atoms with van der Waals surface area (Å²) >= 11 is 0. The maximum atomic E-state index is 13.1. The van der Waals surface area contributed by atoms with E-state index in [1.54, 1.807) is 30.4 Å². The number of amides is 1. The van der Waals surface area contributed by atoms with Crippen molar-refractivity contribution in [3.05, 3.63) is 107 Å². The zero-order valence-corrected chi connectivity index (χ0v) is 20.9. The van der Waals surface area contributed by atoms with Gasteiger partial charge >= 0.3 is 0 Å². The summed E-state index contributed by atoms with van der Waals surface area (Å²) in [6.07, 6.45) is 7.18. The first kappa shape index (κ1) is 24.2. The first-order chi connectivity index (χ1) is 18.0. The Labute approximate surface area is 214 Å². The summed E-state index contributed by atoms with van der Waals surface area (Å²) in [5, 5.41) is 13.8. The third-order valence-corrected chi connectivity index (χ3v) is 6.33. The Morgan fingerprint density at radius 1 is 1.05 bits per heavy atom. The van der Waals surface area contributed by atoms with E-state index in [0.717, 1.165) is 39.6 Å². The van der Waals surface area contributed by atoms with Crippen LogP contribution in [-0.2, 0) is 31.0 Å². The van der Waals surface area contributed by atoms with Crippen LogP contribution in [0.2, 0.25) is 0 Å². The number of anilines is 1. The molecule has 9 heteroatoms. The van der Waals surface area contributed by atoms with Gasteiger partial charge in [-0.3, -0.25) is 14.2 Å². The minimum Gasteiger partial charge on any atom is -0.383 e. The molecule has 1 amide bonds. The molecule has 37 heavy (non-hydrogen) atoms. The normalized spacial score (nSPS) is 11.2. The number of nitrogen functional groups attached to an aromatic ring is 1. The number of pyridine rings is 1. The van der Waals surface area contributed by atoms with E-state index in [0.29, 0.717) is 30.2 Å². The number of fused-ring (bicyclic) bond motifs is 1. The molecular formula is C28H29N7O2. The van der Waals surface area contributed by atoms with Gasteiger partial charge in [0.1, 0.15) is 11.5 Å². The van der Waals surface area contributed by atoms with Gasteiger partial charge in [-0.15, -0.1) is 0 Å². The summed E-state index contributed by atoms with van der Waals surface area (Å²) in [4.78, 5) is 17.3. The lowest BCUT2D eigenvalue weighted by atomic mass is 10.0. The Kier molecular flexibility index (Phi) is 6.96. The summed E-state index contributed by atoms with van der Waals surface area (Å²) in [5.41, 5.74) is 11.4. The number of methoxy groups -OCH3 is 1. The van der Waals surface area contributed by atoms with Crippen molar-refractivity contribution in [2.75, 3.05) is 12.8 Å². The summed E-state index contributed by atoms with van der Waals surface area (Å²) in [6, 6.07) is 16.2. The number of hydrogen-bond acceptors (Lipinski definition) is 6. The number of nitrogens with two attached hydrogens (primary N) is 1. The highest BCUT2D eigenvalue weighted by molar-refractivity contribution is 5.95. The van der Waals surface area contributed by atoms with Crippen LogP contribution in [-0.4, -0.2) is 37.6 Å². The fraction of sp³-hybridized carbons (Fsp3) is 0.214. The van der Waals surface area contributed by atoms with E-state index in [1.165, 1.54) is 0 Å². The summed E-state index contributed by atoms with van der Waals surface area (Å²) in [7, 11) is 1.60. The molecule has 0 radical (unpaired) electrons. The maximum Gasteiger partial charge on any atom is 0.255 e. The second-order valence-electron chi connectivity index (χ2n) is 9.02. The topological polar surface area (TPSA) is 113 Å². The molecule has 0 saturated heterocycles. The molecule has 0 fully saturated rings. The highest BCUT2D eigenvalue weighted by atomic mass is 16.5. The van der Waals surface area contributed by atoms with Crippen molar-refractivity contribution >= 4 is 22.5 Å². The van der Waals surface area contributed by atoms with Gasteiger partial charge in [-0.1, -0.05) is 24.3 Å². The molecule has 0 aliphatic carbocycles. The van der Waals surface area contributed by atoms with E-state index in [4.69, 9.17) is 10.5 Å². The summed E-state index contributed by atoms with van der Waals surface area (Å²) in [6.45, 7) is 3.91. The smallest absolute Gasteiger partial charge is 0.255 e. The number of aryl methyl sites for hydroxylation is 1. The molecule has 188 valence electrons. The van der Waals surface area contributed by atoms with Gasteiger partial charge in [-0.05, 0) is 58.8 Å². The van der Waals surface area contributed by atoms with Crippen molar-refractivity contribution in [3.63, 3.8) is 0 Å². The zero-order valence-electron chi connectivity index (χ0n) is 20.9. The van der Waals surface area contributed by atoms with Gasteiger partial charge in [0.05, 0.1) is 25.3 Å². The highest BCUT2D eigenvalue weighted by Gasteiger charge is 2.17. The average Bonchev–Trinajstić information content (AvgIpc) is 3.55. The molecule has 5 rings (SSSR count). The van der Waals surface area contributed by atoms with Crippen molar-refractivity contribution in [3.8, 4) is 0 Å². The van der Waals surface area contributed by atoms with Gasteiger partial charge in [-0.2, -0.15) is 10.2 Å². The summed E-state index contributed by atoms with van der Waals surface area (Å²) < 4.78 is 8.97. The van der Waals surface area contributed by atoms with E-state index in [-0.39, 0.29) is 12.5 Å². The van der Waals surface area contributed by atoms with E-state index in [2.05, 4.69) is 44.8 Å². The fourth-order valence-electron chi connectivity index (χ4n) is 4.35. The molecule has 3 N–H and O–H groups in total. The van der Waals surface area contributed by atoms with Crippen molar-refractivity contribution < 1.29 is 9.53 Å². The number of nitrogens with one attached hydrogen (secondary N) is 1. The van der Waals surface area contributed by atoms with Crippen LogP contribution >= 0.6 is 0 Å². The van der Waals surface area contributed by atoms with Gasteiger partial charge in [-0.25, -0.2) is 4.98 Å². The number of ether oxygens (including phenoxy) is 1. The quantitative estimate of drug-likeness (QED) is 0.323. The van der Waals surface area contributed by atoms with Crippen LogP contribution < -0.4 is 11.1 Å². The number of aromatic nitrogens is 5. The molecule has 3 heterocycles. The van der Waals surface area contributed by atoms with Crippen LogP contribution in [0.1, 0.15) is 38.3 Å². The molecule has 0 unspecified atom stereocenters. The van der Waals surface area contributed by atoms with Crippen LogP contribution in [0.5, 0.6) is 0 Å². The van der Waals surface area contributed by atoms with Gasteiger partial charge in [0, 0.05) is 43.8 Å². The number of carbonyl (C=O) groups is 1. The van der Waals surface area contributed by atoms with Crippen molar-refractivity contribution in [1.29, 1.82) is 0 Å². The molecular weight excluding hydrogens is 466 g/mol. The molecule has 2 aromatic carbocycles. The Balaban J connectivity index is 1.28. The van der Waals surface area contributed by atoms with Crippen LogP contribution in [0, 0.1) is 6.92 Å². The third kappa shape index (κ3) is 5.52. The number of rotatable bonds is 9. The lowest BCUT2D eigenvalue weighted by Crippen LogP contribution is -2.24. The monoisotopic (exact) mass is 495 g/mol. The van der Waals surface area contributed by atoms with Crippen LogP contribution in [0.3, 0.4) is 0 Å². The third-order valence-electron chi connectivity index (χ3n) is 6.33. The zero-order chi connectivity index (χ0) is 25.8. The standard InChI is InChI=1S/C28H29N7O2/c1-19-12-24-22(8-10-30-27(24)29)13-23(19)14-31-28(36)25-17-35(33-26(25)18-37-2)16-21-6-4-20(5-7-21)15-34-11-3-9-32-34/h3-13,17H,14-16,18H2,1-2H3,(H2,29,30)(H,31,36). The van der Waals surface area contributed by atoms with Crippen molar-refractivity contribution in [2.24, 2.45) is 0 Å². The van der Waals surface area contributed by atoms with Crippen LogP contribution in [0.25, 0.3) is 10.8 Å². The SMILES string of the molecule is COCc1nn(Cc2ccc(Cn3cccn3)cc2)cc1C(=O)NCc1cc2ccnc(N)c2cc1C. The largest absolute Gasteiger partial charge is 0.383 e. The van der Waals surface area contributed by atoms with E-state index in [1.807, 2.05) is 42.1 Å². The number of benzene rings is 2. The molecule has 3 aromatic heterocycles. The second kappa shape index (κ2) is 10.6. The number of carbonyl (C=O) groups excluding carboxylic acids is 1. The Bertz CT molecular complexity index is 1520. The van der Waals surface area contributed by atoms with Gasteiger partial charge in [0.15, 0.2) is 0 Å². The Morgan fingerprint density at radius 2 is 1.81 bits per heavy atom. The molecule has 0 atom stereocenters. The number of hydrogen-bond donors (Lipinski definition) is 2. The van der Waals surface area contributed by atoms with Crippen molar-refractivity contribution in [2.45, 2.75) is 33.2 Å². The lowest BCUT2D eigenvalue weighted by molar-refractivity contribution is 0.0946. The molecule has 0 bridgehead atoms. The first-order valence-electron chi connectivity index (χ1n) is 12.0. The average molecular weight is 496 g/mol. The predicted octanol–water partition coefficient (Wildman–Crippen LogP) is 3.69. The molecule has 9 nitrogen and oxygen atoms in total. The van der Waals surface area contributed by atoms with E-state index < -0.39 is 0 Å². The van der Waals surface area contributed by atoms with Crippen LogP contribution in [0.15, 0.2) is 73.3 Å². The molecule has 0 aliphatic heterocycles. The van der Waals surface area contributed by atoms with Crippen molar-refractivity contribution in [1.82, 2.24) is 29.9 Å². The molecule has 0 aliphatic rings. The Hall–Kier alpha value is -4.50. The minimum atomic E-state index is -0.193. The molecule has 0 saturated carbocycles. The lowest BCUT2D eigenvalue weighted by Gasteiger charge is -2.11. The molecule has 0 spiro atoms. The fourth-order valence-corrected chi connectivity index (χ4v) is 4.35. The van der Waals surface area contributed by atoms with E-state index >= 15 is 0 Å². The summed E-state index contributed by atoms with van der Waals surface area (Å²) in [5.74, 6) is 0.307. The highest BCUT2D eigenvalue weighted by Crippen LogP contribution is 2.23. The van der Waals surface area contributed by atoms with Gasteiger partial charge in [0.25, 0.3) is 5.91 Å². The Morgan fingerprint density at radius 3 is 2.51 bits per heavy atom. The van der Waals surface area contributed by atoms with Gasteiger partial charge < -0.3 is 15.8 Å². The predicted molar refractivity (Wildman–Crippen MR) is 142 cm³/mol. The van der Waals surface area contributed by atoms with Crippen LogP contribution in [0.4, 0.5) is 5.82 Å². The minimum absolute atomic E-state index is 0.193. The van der Waals surface area contributed by atoms with Gasteiger partial charge in [0.2, 0.25) is 0 Å². The maximum absolute atomic E-state index is 13.1. The van der Waals surface area contributed by atoms with E-state index in [9.17, 15) is 4.79 Å². The number of nitrogens with zero attached hydrogens (tertiary/aromatic N) is 5. The second-order valence-corrected chi connectivity index (χ2v) is 9.02.